The molecule has 2 rings (SSSR count). The lowest BCUT2D eigenvalue weighted by Crippen LogP contribution is -2.30. The maximum absolute atomic E-state index is 12.1. The Bertz CT molecular complexity index is 456. The number of aromatic nitrogens is 1. The first-order chi connectivity index (χ1) is 7.47. The summed E-state index contributed by atoms with van der Waals surface area (Å²) in [6.07, 6.45) is -7.34. The van der Waals surface area contributed by atoms with Crippen LogP contribution in [0.1, 0.15) is 5.69 Å². The van der Waals surface area contributed by atoms with Crippen LogP contribution in [0, 0.1) is 0 Å². The van der Waals surface area contributed by atoms with Crippen LogP contribution in [0.3, 0.4) is 0 Å². The molecule has 1 atom stereocenters. The van der Waals surface area contributed by atoms with Crippen LogP contribution in [-0.4, -0.2) is 22.4 Å². The fourth-order valence-electron chi connectivity index (χ4n) is 1.57. The maximum atomic E-state index is 12.1. The third-order valence-electron chi connectivity index (χ3n) is 2.38. The van der Waals surface area contributed by atoms with Crippen LogP contribution >= 0.6 is 0 Å². The van der Waals surface area contributed by atoms with E-state index in [2.05, 4.69) is 4.98 Å². The number of hydrogen-bond donors (Lipinski definition) is 2. The van der Waals surface area contributed by atoms with Crippen LogP contribution in [0.15, 0.2) is 30.3 Å². The molecule has 0 radical (unpaired) electrons. The molecule has 2 nitrogen and oxygen atoms in total. The van der Waals surface area contributed by atoms with Crippen LogP contribution in [-0.2, 0) is 6.42 Å². The van der Waals surface area contributed by atoms with Gasteiger partial charge in [-0.1, -0.05) is 18.2 Å². The quantitative estimate of drug-likeness (QED) is 0.815. The first kappa shape index (κ1) is 11.0. The number of alkyl halides is 3. The van der Waals surface area contributed by atoms with E-state index in [0.29, 0.717) is 5.69 Å². The van der Waals surface area contributed by atoms with Gasteiger partial charge in [0.25, 0.3) is 0 Å². The average molecular weight is 229 g/mol. The van der Waals surface area contributed by atoms with Crippen molar-refractivity contribution < 1.29 is 18.3 Å². The molecular weight excluding hydrogens is 219 g/mol. The summed E-state index contributed by atoms with van der Waals surface area (Å²) in [6, 6.07) is 8.79. The molecule has 0 fully saturated rings. The third-order valence-corrected chi connectivity index (χ3v) is 2.38. The molecule has 0 bridgehead atoms. The van der Waals surface area contributed by atoms with Crippen LogP contribution in [0.25, 0.3) is 10.9 Å². The van der Waals surface area contributed by atoms with E-state index in [1.807, 2.05) is 0 Å². The van der Waals surface area contributed by atoms with Gasteiger partial charge in [-0.3, -0.25) is 0 Å². The molecule has 5 heteroatoms. The zero-order valence-corrected chi connectivity index (χ0v) is 8.25. The minimum atomic E-state index is -4.57. The number of benzene rings is 1. The van der Waals surface area contributed by atoms with E-state index >= 15 is 0 Å². The van der Waals surface area contributed by atoms with Crippen molar-refractivity contribution in [2.24, 2.45) is 0 Å². The molecule has 1 heterocycles. The Kier molecular flexibility index (Phi) is 2.63. The van der Waals surface area contributed by atoms with E-state index < -0.39 is 18.7 Å². The van der Waals surface area contributed by atoms with E-state index in [4.69, 9.17) is 5.11 Å². The molecule has 1 aromatic carbocycles. The van der Waals surface area contributed by atoms with E-state index in [1.54, 1.807) is 30.3 Å². The molecule has 86 valence electrons. The lowest BCUT2D eigenvalue weighted by molar-refractivity contribution is -0.203. The Morgan fingerprint density at radius 2 is 1.94 bits per heavy atom. The number of aliphatic hydroxyl groups is 1. The summed E-state index contributed by atoms with van der Waals surface area (Å²) in [7, 11) is 0. The number of nitrogens with one attached hydrogen (secondary N) is 1. The largest absolute Gasteiger partial charge is 0.414 e. The van der Waals surface area contributed by atoms with Crippen molar-refractivity contribution in [3.63, 3.8) is 0 Å². The Morgan fingerprint density at radius 3 is 2.56 bits per heavy atom. The second-order valence-electron chi connectivity index (χ2n) is 3.64. The minimum absolute atomic E-state index is 0.381. The zero-order valence-electron chi connectivity index (χ0n) is 8.25. The average Bonchev–Trinajstić information content (AvgIpc) is 2.58. The van der Waals surface area contributed by atoms with Crippen molar-refractivity contribution in [2.75, 3.05) is 0 Å². The van der Waals surface area contributed by atoms with E-state index in [0.717, 1.165) is 10.9 Å². The van der Waals surface area contributed by atoms with Gasteiger partial charge in [0.05, 0.1) is 0 Å². The molecule has 2 N–H and O–H groups in total. The predicted molar refractivity (Wildman–Crippen MR) is 54.1 cm³/mol. The van der Waals surface area contributed by atoms with Crippen LogP contribution in [0.2, 0.25) is 0 Å². The second kappa shape index (κ2) is 3.83. The van der Waals surface area contributed by atoms with Crippen LogP contribution in [0.4, 0.5) is 13.2 Å². The summed E-state index contributed by atoms with van der Waals surface area (Å²) in [4.78, 5) is 2.84. The summed E-state index contributed by atoms with van der Waals surface area (Å²) < 4.78 is 36.4. The SMILES string of the molecule is OC(Cc1cc2ccccc2[nH]1)C(F)(F)F. The molecule has 2 aromatic rings. The lowest BCUT2D eigenvalue weighted by atomic mass is 10.2. The van der Waals surface area contributed by atoms with E-state index in [9.17, 15) is 13.2 Å². The number of para-hydroxylation sites is 1. The van der Waals surface area contributed by atoms with Crippen LogP contribution in [0.5, 0.6) is 0 Å². The fourth-order valence-corrected chi connectivity index (χ4v) is 1.57. The molecule has 0 aliphatic carbocycles. The first-order valence-corrected chi connectivity index (χ1v) is 4.78. The van der Waals surface area contributed by atoms with Gasteiger partial charge in [0.2, 0.25) is 0 Å². The van der Waals surface area contributed by atoms with E-state index in [1.165, 1.54) is 0 Å². The van der Waals surface area contributed by atoms with Crippen molar-refractivity contribution in [1.29, 1.82) is 0 Å². The summed E-state index contributed by atoms with van der Waals surface area (Å²) in [5.74, 6) is 0. The van der Waals surface area contributed by atoms with Crippen molar-refractivity contribution in [3.05, 3.63) is 36.0 Å². The van der Waals surface area contributed by atoms with Crippen LogP contribution < -0.4 is 0 Å². The Labute approximate surface area is 89.7 Å². The number of halogens is 3. The molecule has 0 saturated heterocycles. The highest BCUT2D eigenvalue weighted by molar-refractivity contribution is 5.80. The van der Waals surface area contributed by atoms with Crippen molar-refractivity contribution in [1.82, 2.24) is 4.98 Å². The van der Waals surface area contributed by atoms with Gasteiger partial charge < -0.3 is 10.1 Å². The summed E-state index contributed by atoms with van der Waals surface area (Å²) in [5.41, 5.74) is 1.15. The van der Waals surface area contributed by atoms with Crippen molar-refractivity contribution in [2.45, 2.75) is 18.7 Å². The summed E-state index contributed by atoms with van der Waals surface area (Å²) in [6.45, 7) is 0. The smallest absolute Gasteiger partial charge is 0.383 e. The lowest BCUT2D eigenvalue weighted by Gasteiger charge is -2.12. The number of aromatic amines is 1. The Morgan fingerprint density at radius 1 is 1.25 bits per heavy atom. The number of aliphatic hydroxyl groups excluding tert-OH is 1. The molecule has 16 heavy (non-hydrogen) atoms. The Balaban J connectivity index is 2.22. The molecule has 0 spiro atoms. The number of H-pyrrole nitrogens is 1. The van der Waals surface area contributed by atoms with Gasteiger partial charge in [0, 0.05) is 17.6 Å². The predicted octanol–water partition coefficient (Wildman–Crippen LogP) is 2.63. The van der Waals surface area contributed by atoms with E-state index in [-0.39, 0.29) is 0 Å². The molecular formula is C11H10F3NO. The third kappa shape index (κ3) is 2.19. The second-order valence-corrected chi connectivity index (χ2v) is 3.64. The highest BCUT2D eigenvalue weighted by atomic mass is 19.4. The van der Waals surface area contributed by atoms with Crippen molar-refractivity contribution in [3.8, 4) is 0 Å². The standard InChI is InChI=1S/C11H10F3NO/c12-11(13,14)10(16)6-8-5-7-3-1-2-4-9(7)15-8/h1-5,10,15-16H,6H2. The van der Waals surface area contributed by atoms with Gasteiger partial charge in [-0.25, -0.2) is 0 Å². The highest BCUT2D eigenvalue weighted by Crippen LogP contribution is 2.24. The number of rotatable bonds is 2. The van der Waals surface area contributed by atoms with Gasteiger partial charge in [-0.15, -0.1) is 0 Å². The molecule has 0 saturated carbocycles. The minimum Gasteiger partial charge on any atom is -0.383 e. The normalized spacial score (nSPS) is 14.2. The monoisotopic (exact) mass is 229 g/mol. The van der Waals surface area contributed by atoms with Gasteiger partial charge in [0.1, 0.15) is 0 Å². The highest BCUT2D eigenvalue weighted by Gasteiger charge is 2.38. The fraction of sp³-hybridized carbons (Fsp3) is 0.273. The molecule has 1 unspecified atom stereocenters. The summed E-state index contributed by atoms with van der Waals surface area (Å²) >= 11 is 0. The summed E-state index contributed by atoms with van der Waals surface area (Å²) in [5, 5.41) is 9.76. The molecule has 0 aliphatic heterocycles. The Hall–Kier alpha value is -1.49. The molecule has 0 aliphatic rings. The first-order valence-electron chi connectivity index (χ1n) is 4.78. The maximum Gasteiger partial charge on any atom is 0.414 e. The molecule has 0 amide bonds. The van der Waals surface area contributed by atoms with Gasteiger partial charge in [-0.2, -0.15) is 13.2 Å². The van der Waals surface area contributed by atoms with Gasteiger partial charge in [-0.05, 0) is 17.5 Å². The number of fused-ring (bicyclic) bond motifs is 1. The van der Waals surface area contributed by atoms with Gasteiger partial charge in [0.15, 0.2) is 6.10 Å². The topological polar surface area (TPSA) is 36.0 Å². The number of hydrogen-bond acceptors (Lipinski definition) is 1. The van der Waals surface area contributed by atoms with Gasteiger partial charge >= 0.3 is 6.18 Å². The zero-order chi connectivity index (χ0) is 11.8. The molecule has 1 aromatic heterocycles. The van der Waals surface area contributed by atoms with Crippen molar-refractivity contribution >= 4 is 10.9 Å².